The lowest BCUT2D eigenvalue weighted by molar-refractivity contribution is -0.113. The molecule has 1 heterocycles. The van der Waals surface area contributed by atoms with Crippen LogP contribution in [0.3, 0.4) is 0 Å². The van der Waals surface area contributed by atoms with Crippen LogP contribution in [0, 0.1) is 6.92 Å². The molecule has 6 nitrogen and oxygen atoms in total. The molecular formula is C20H19N3O3S. The molecule has 0 spiro atoms. The number of anilines is 1. The first kappa shape index (κ1) is 18.7. The summed E-state index contributed by atoms with van der Waals surface area (Å²) in [6.07, 6.45) is 0.286. The quantitative estimate of drug-likeness (QED) is 0.450. The first-order valence-electron chi connectivity index (χ1n) is 8.36. The van der Waals surface area contributed by atoms with Crippen molar-refractivity contribution in [3.8, 4) is 5.88 Å². The fraction of sp³-hybridized carbons (Fsp3) is 0.150. The van der Waals surface area contributed by atoms with Gasteiger partial charge in [0.2, 0.25) is 11.8 Å². The summed E-state index contributed by atoms with van der Waals surface area (Å²) < 4.78 is 0. The topological polar surface area (TPSA) is 95.1 Å². The van der Waals surface area contributed by atoms with E-state index in [0.29, 0.717) is 5.69 Å². The molecule has 0 saturated heterocycles. The summed E-state index contributed by atoms with van der Waals surface area (Å²) in [6.45, 7) is 1.94. The van der Waals surface area contributed by atoms with Gasteiger partial charge in [-0.2, -0.15) is 4.98 Å². The third-order valence-electron chi connectivity index (χ3n) is 3.84. The fourth-order valence-corrected chi connectivity index (χ4v) is 3.20. The van der Waals surface area contributed by atoms with E-state index < -0.39 is 5.56 Å². The molecule has 0 radical (unpaired) electrons. The van der Waals surface area contributed by atoms with E-state index >= 15 is 0 Å². The van der Waals surface area contributed by atoms with Crippen LogP contribution >= 0.6 is 11.8 Å². The average molecular weight is 381 g/mol. The average Bonchev–Trinajstić information content (AvgIpc) is 2.64. The molecule has 3 N–H and O–H groups in total. The molecule has 3 rings (SSSR count). The number of H-pyrrole nitrogens is 1. The van der Waals surface area contributed by atoms with Crippen molar-refractivity contribution in [3.63, 3.8) is 0 Å². The van der Waals surface area contributed by atoms with Crippen LogP contribution in [0.1, 0.15) is 16.7 Å². The maximum absolute atomic E-state index is 12.3. The van der Waals surface area contributed by atoms with Crippen molar-refractivity contribution in [2.75, 3.05) is 11.1 Å². The van der Waals surface area contributed by atoms with Gasteiger partial charge in [-0.25, -0.2) is 0 Å². The van der Waals surface area contributed by atoms with Crippen molar-refractivity contribution < 1.29 is 9.90 Å². The molecule has 7 heteroatoms. The van der Waals surface area contributed by atoms with Crippen LogP contribution in [0.2, 0.25) is 0 Å². The summed E-state index contributed by atoms with van der Waals surface area (Å²) in [5.74, 6) is -0.473. The Hall–Kier alpha value is -3.06. The molecule has 0 fully saturated rings. The Balaban J connectivity index is 1.64. The number of aromatic amines is 1. The summed E-state index contributed by atoms with van der Waals surface area (Å²) >= 11 is 1.06. The number of thioether (sulfide) groups is 1. The smallest absolute Gasteiger partial charge is 0.258 e. The lowest BCUT2D eigenvalue weighted by atomic mass is 10.1. The van der Waals surface area contributed by atoms with Crippen molar-refractivity contribution >= 4 is 23.4 Å². The maximum Gasteiger partial charge on any atom is 0.258 e. The van der Waals surface area contributed by atoms with Gasteiger partial charge in [0, 0.05) is 12.1 Å². The predicted molar refractivity (Wildman–Crippen MR) is 106 cm³/mol. The molecule has 1 aromatic heterocycles. The second-order valence-corrected chi connectivity index (χ2v) is 7.01. The molecule has 0 bridgehead atoms. The van der Waals surface area contributed by atoms with Gasteiger partial charge in [-0.15, -0.1) is 0 Å². The Morgan fingerprint density at radius 1 is 1.19 bits per heavy atom. The fourth-order valence-electron chi connectivity index (χ4n) is 2.55. The number of carbonyl (C=O) groups excluding carboxylic acids is 1. The van der Waals surface area contributed by atoms with E-state index in [1.165, 1.54) is 0 Å². The molecule has 0 saturated carbocycles. The van der Waals surface area contributed by atoms with Gasteiger partial charge in [0.1, 0.15) is 0 Å². The minimum atomic E-state index is -0.409. The third kappa shape index (κ3) is 5.21. The van der Waals surface area contributed by atoms with Gasteiger partial charge >= 0.3 is 0 Å². The number of aromatic nitrogens is 2. The van der Waals surface area contributed by atoms with Gasteiger partial charge in [0.15, 0.2) is 5.16 Å². The largest absolute Gasteiger partial charge is 0.493 e. The molecule has 0 aliphatic rings. The lowest BCUT2D eigenvalue weighted by Gasteiger charge is -2.07. The van der Waals surface area contributed by atoms with E-state index in [0.717, 1.165) is 22.9 Å². The van der Waals surface area contributed by atoms with Crippen LogP contribution in [0.25, 0.3) is 0 Å². The number of hydrogen-bond acceptors (Lipinski definition) is 5. The van der Waals surface area contributed by atoms with Crippen LogP contribution in [-0.4, -0.2) is 26.7 Å². The standard InChI is InChI=1S/C20H19N3O3S/c1-13-6-5-9-15(10-13)21-17(24)12-27-20-22-18(25)16(19(26)23-20)11-14-7-3-2-4-8-14/h2-10H,11-12H2,1H3,(H,21,24)(H2,22,23,25,26). The number of hydrogen-bond donors (Lipinski definition) is 3. The zero-order valence-electron chi connectivity index (χ0n) is 14.7. The van der Waals surface area contributed by atoms with E-state index in [2.05, 4.69) is 15.3 Å². The molecule has 3 aromatic rings. The van der Waals surface area contributed by atoms with Crippen molar-refractivity contribution in [2.45, 2.75) is 18.5 Å². The SMILES string of the molecule is Cc1cccc(NC(=O)CSc2nc(O)c(Cc3ccccc3)c(=O)[nH]2)c1. The van der Waals surface area contributed by atoms with Crippen molar-refractivity contribution in [2.24, 2.45) is 0 Å². The highest BCUT2D eigenvalue weighted by molar-refractivity contribution is 7.99. The molecule has 138 valence electrons. The van der Waals surface area contributed by atoms with Crippen LogP contribution in [0.4, 0.5) is 5.69 Å². The number of nitrogens with zero attached hydrogens (tertiary/aromatic N) is 1. The van der Waals surface area contributed by atoms with E-state index in [1.54, 1.807) is 6.07 Å². The predicted octanol–water partition coefficient (Wildman–Crippen LogP) is 3.11. The number of aromatic hydroxyl groups is 1. The van der Waals surface area contributed by atoms with Crippen molar-refractivity contribution in [1.29, 1.82) is 0 Å². The monoisotopic (exact) mass is 381 g/mol. The van der Waals surface area contributed by atoms with Gasteiger partial charge in [-0.1, -0.05) is 54.2 Å². The Morgan fingerprint density at radius 3 is 2.67 bits per heavy atom. The maximum atomic E-state index is 12.3. The van der Waals surface area contributed by atoms with Gasteiger partial charge < -0.3 is 15.4 Å². The number of amides is 1. The Morgan fingerprint density at radius 2 is 1.96 bits per heavy atom. The van der Waals surface area contributed by atoms with Crippen LogP contribution in [-0.2, 0) is 11.2 Å². The van der Waals surface area contributed by atoms with Crippen LogP contribution in [0.15, 0.2) is 64.5 Å². The summed E-state index contributed by atoms with van der Waals surface area (Å²) in [6, 6.07) is 16.8. The van der Waals surface area contributed by atoms with E-state index in [1.807, 2.05) is 55.5 Å². The van der Waals surface area contributed by atoms with Gasteiger partial charge in [0.25, 0.3) is 5.56 Å². The van der Waals surface area contributed by atoms with Gasteiger partial charge in [-0.05, 0) is 30.2 Å². The van der Waals surface area contributed by atoms with Crippen LogP contribution < -0.4 is 10.9 Å². The number of rotatable bonds is 6. The first-order valence-corrected chi connectivity index (χ1v) is 9.35. The molecule has 27 heavy (non-hydrogen) atoms. The molecule has 0 aliphatic heterocycles. The summed E-state index contributed by atoms with van der Waals surface area (Å²) in [7, 11) is 0. The van der Waals surface area contributed by atoms with Crippen molar-refractivity contribution in [3.05, 3.63) is 81.6 Å². The van der Waals surface area contributed by atoms with Crippen molar-refractivity contribution in [1.82, 2.24) is 9.97 Å². The second kappa shape index (κ2) is 8.55. The number of carbonyl (C=O) groups is 1. The van der Waals surface area contributed by atoms with E-state index in [4.69, 9.17) is 0 Å². The second-order valence-electron chi connectivity index (χ2n) is 6.04. The number of benzene rings is 2. The minimum absolute atomic E-state index is 0.0638. The molecule has 1 amide bonds. The van der Waals surface area contributed by atoms with Crippen LogP contribution in [0.5, 0.6) is 5.88 Å². The minimum Gasteiger partial charge on any atom is -0.493 e. The van der Waals surface area contributed by atoms with E-state index in [9.17, 15) is 14.7 Å². The van der Waals surface area contributed by atoms with E-state index in [-0.39, 0.29) is 34.7 Å². The number of aryl methyl sites for hydroxylation is 1. The Bertz CT molecular complexity index is 1000. The highest BCUT2D eigenvalue weighted by Crippen LogP contribution is 2.19. The molecule has 2 aromatic carbocycles. The lowest BCUT2D eigenvalue weighted by Crippen LogP contribution is -2.17. The van der Waals surface area contributed by atoms with Gasteiger partial charge in [0.05, 0.1) is 11.3 Å². The third-order valence-corrected chi connectivity index (χ3v) is 4.71. The Labute approximate surface area is 160 Å². The number of nitrogens with one attached hydrogen (secondary N) is 2. The first-order chi connectivity index (χ1) is 13.0. The molecule has 0 unspecified atom stereocenters. The zero-order valence-corrected chi connectivity index (χ0v) is 15.5. The molecule has 0 atom stereocenters. The molecule has 0 aliphatic carbocycles. The summed E-state index contributed by atoms with van der Waals surface area (Å²) in [5, 5.41) is 13.1. The molecular weight excluding hydrogens is 362 g/mol. The summed E-state index contributed by atoms with van der Waals surface area (Å²) in [4.78, 5) is 31.0. The zero-order chi connectivity index (χ0) is 19.2. The summed E-state index contributed by atoms with van der Waals surface area (Å²) in [5.41, 5.74) is 2.45. The van der Waals surface area contributed by atoms with Gasteiger partial charge in [-0.3, -0.25) is 9.59 Å². The highest BCUT2D eigenvalue weighted by atomic mass is 32.2. The highest BCUT2D eigenvalue weighted by Gasteiger charge is 2.13. The Kier molecular flexibility index (Phi) is 5.93. The normalized spacial score (nSPS) is 10.6.